The average Bonchev–Trinajstić information content (AvgIpc) is 2.42. The minimum atomic E-state index is -0.0642. The number of hydrogen-bond donors (Lipinski definition) is 1. The number of nitrogens with zero attached hydrogens (tertiary/aromatic N) is 3. The SMILES string of the molecule is CCn1ncc(N(C)C2CCCNC2)c(Br)c1=O. The maximum atomic E-state index is 12.0. The Morgan fingerprint density at radius 2 is 2.44 bits per heavy atom. The molecule has 1 saturated heterocycles. The first-order valence-electron chi connectivity index (χ1n) is 6.34. The molecule has 100 valence electrons. The zero-order chi connectivity index (χ0) is 13.1. The van der Waals surface area contributed by atoms with Crippen molar-refractivity contribution in [2.45, 2.75) is 32.4 Å². The molecule has 18 heavy (non-hydrogen) atoms. The van der Waals surface area contributed by atoms with Crippen LogP contribution in [0.2, 0.25) is 0 Å². The van der Waals surface area contributed by atoms with Crippen LogP contribution in [0.1, 0.15) is 19.8 Å². The van der Waals surface area contributed by atoms with Crippen molar-refractivity contribution in [1.29, 1.82) is 0 Å². The Morgan fingerprint density at radius 3 is 3.06 bits per heavy atom. The smallest absolute Gasteiger partial charge is 0.283 e. The van der Waals surface area contributed by atoms with Gasteiger partial charge in [-0.05, 0) is 42.2 Å². The van der Waals surface area contributed by atoms with Crippen LogP contribution >= 0.6 is 15.9 Å². The maximum absolute atomic E-state index is 12.0. The molecule has 1 aromatic heterocycles. The summed E-state index contributed by atoms with van der Waals surface area (Å²) >= 11 is 3.40. The van der Waals surface area contributed by atoms with E-state index in [4.69, 9.17) is 0 Å². The largest absolute Gasteiger partial charge is 0.368 e. The molecule has 0 saturated carbocycles. The molecule has 0 radical (unpaired) electrons. The predicted octanol–water partition coefficient (Wildman–Crippen LogP) is 1.21. The van der Waals surface area contributed by atoms with Gasteiger partial charge in [0.05, 0.1) is 11.9 Å². The molecule has 1 unspecified atom stereocenters. The van der Waals surface area contributed by atoms with Crippen molar-refractivity contribution in [2.75, 3.05) is 25.0 Å². The number of halogens is 1. The molecule has 1 atom stereocenters. The molecule has 0 aromatic carbocycles. The fourth-order valence-electron chi connectivity index (χ4n) is 2.29. The molecule has 1 N–H and O–H groups in total. The number of anilines is 1. The normalized spacial score (nSPS) is 19.8. The lowest BCUT2D eigenvalue weighted by atomic mass is 10.1. The summed E-state index contributed by atoms with van der Waals surface area (Å²) < 4.78 is 2.06. The molecule has 0 bridgehead atoms. The Labute approximate surface area is 115 Å². The molecule has 1 fully saturated rings. The van der Waals surface area contributed by atoms with Gasteiger partial charge in [-0.1, -0.05) is 0 Å². The summed E-state index contributed by atoms with van der Waals surface area (Å²) in [6, 6.07) is 0.425. The van der Waals surface area contributed by atoms with Gasteiger partial charge in [0, 0.05) is 26.2 Å². The van der Waals surface area contributed by atoms with Gasteiger partial charge in [0.25, 0.3) is 5.56 Å². The van der Waals surface area contributed by atoms with Crippen molar-refractivity contribution in [2.24, 2.45) is 0 Å². The van der Waals surface area contributed by atoms with Crippen molar-refractivity contribution >= 4 is 21.6 Å². The van der Waals surface area contributed by atoms with Gasteiger partial charge >= 0.3 is 0 Å². The van der Waals surface area contributed by atoms with E-state index in [-0.39, 0.29) is 5.56 Å². The molecule has 6 heteroatoms. The van der Waals surface area contributed by atoms with Gasteiger partial charge in [-0.25, -0.2) is 4.68 Å². The third kappa shape index (κ3) is 2.59. The fourth-order valence-corrected chi connectivity index (χ4v) is 2.87. The number of rotatable bonds is 3. The van der Waals surface area contributed by atoms with Gasteiger partial charge in [-0.3, -0.25) is 4.79 Å². The van der Waals surface area contributed by atoms with Gasteiger partial charge in [0.15, 0.2) is 0 Å². The second kappa shape index (κ2) is 5.84. The summed E-state index contributed by atoms with van der Waals surface area (Å²) in [4.78, 5) is 14.2. The second-order valence-electron chi connectivity index (χ2n) is 4.58. The summed E-state index contributed by atoms with van der Waals surface area (Å²) in [5, 5.41) is 7.57. The van der Waals surface area contributed by atoms with E-state index in [9.17, 15) is 4.79 Å². The van der Waals surface area contributed by atoms with E-state index in [1.807, 2.05) is 14.0 Å². The van der Waals surface area contributed by atoms with E-state index in [1.165, 1.54) is 11.1 Å². The van der Waals surface area contributed by atoms with Crippen molar-refractivity contribution in [3.05, 3.63) is 21.0 Å². The molecule has 0 amide bonds. The highest BCUT2D eigenvalue weighted by Gasteiger charge is 2.21. The summed E-state index contributed by atoms with van der Waals surface area (Å²) in [6.07, 6.45) is 4.09. The van der Waals surface area contributed by atoms with Gasteiger partial charge < -0.3 is 10.2 Å². The number of aromatic nitrogens is 2. The van der Waals surface area contributed by atoms with Crippen LogP contribution in [0.5, 0.6) is 0 Å². The van der Waals surface area contributed by atoms with Gasteiger partial charge in [0.2, 0.25) is 0 Å². The number of nitrogens with one attached hydrogen (secondary N) is 1. The zero-order valence-electron chi connectivity index (χ0n) is 10.8. The van der Waals surface area contributed by atoms with E-state index in [0.29, 0.717) is 17.1 Å². The minimum Gasteiger partial charge on any atom is -0.368 e. The molecule has 2 rings (SSSR count). The number of likely N-dealkylation sites (N-methyl/N-ethyl adjacent to an activating group) is 1. The Bertz CT molecular complexity index is 468. The molecular formula is C12H19BrN4O. The minimum absolute atomic E-state index is 0.0642. The van der Waals surface area contributed by atoms with Crippen LogP contribution in [0.4, 0.5) is 5.69 Å². The highest BCUT2D eigenvalue weighted by Crippen LogP contribution is 2.24. The molecule has 0 aliphatic carbocycles. The Balaban J connectivity index is 2.27. The molecule has 5 nitrogen and oxygen atoms in total. The summed E-state index contributed by atoms with van der Waals surface area (Å²) in [5.41, 5.74) is 0.809. The average molecular weight is 315 g/mol. The van der Waals surface area contributed by atoms with Crippen LogP contribution in [0.3, 0.4) is 0 Å². The molecular weight excluding hydrogens is 296 g/mol. The Kier molecular flexibility index (Phi) is 4.40. The monoisotopic (exact) mass is 314 g/mol. The summed E-state index contributed by atoms with van der Waals surface area (Å²) in [7, 11) is 2.02. The van der Waals surface area contributed by atoms with Crippen molar-refractivity contribution in [3.8, 4) is 0 Å². The topological polar surface area (TPSA) is 50.2 Å². The first-order chi connectivity index (χ1) is 8.65. The Hall–Kier alpha value is -0.880. The van der Waals surface area contributed by atoms with Crippen LogP contribution in [0, 0.1) is 0 Å². The zero-order valence-corrected chi connectivity index (χ0v) is 12.4. The Morgan fingerprint density at radius 1 is 1.67 bits per heavy atom. The maximum Gasteiger partial charge on any atom is 0.283 e. The molecule has 1 aliphatic heterocycles. The highest BCUT2D eigenvalue weighted by molar-refractivity contribution is 9.10. The van der Waals surface area contributed by atoms with E-state index in [2.05, 4.69) is 31.2 Å². The van der Waals surface area contributed by atoms with Crippen LogP contribution < -0.4 is 15.8 Å². The number of aryl methyl sites for hydroxylation is 1. The van der Waals surface area contributed by atoms with Crippen LogP contribution in [-0.4, -0.2) is 36.0 Å². The molecule has 0 spiro atoms. The van der Waals surface area contributed by atoms with Crippen LogP contribution in [0.25, 0.3) is 0 Å². The van der Waals surface area contributed by atoms with E-state index >= 15 is 0 Å². The van der Waals surface area contributed by atoms with E-state index in [1.54, 1.807) is 6.20 Å². The molecule has 1 aromatic rings. The third-order valence-corrected chi connectivity index (χ3v) is 4.21. The number of piperidine rings is 1. The first kappa shape index (κ1) is 13.5. The number of hydrogen-bond acceptors (Lipinski definition) is 4. The van der Waals surface area contributed by atoms with Crippen molar-refractivity contribution in [1.82, 2.24) is 15.1 Å². The van der Waals surface area contributed by atoms with Crippen molar-refractivity contribution < 1.29 is 0 Å². The fraction of sp³-hybridized carbons (Fsp3) is 0.667. The van der Waals surface area contributed by atoms with Crippen LogP contribution in [0.15, 0.2) is 15.5 Å². The lowest BCUT2D eigenvalue weighted by Gasteiger charge is -2.33. The van der Waals surface area contributed by atoms with Gasteiger partial charge in [-0.15, -0.1) is 0 Å². The van der Waals surface area contributed by atoms with Gasteiger partial charge in [-0.2, -0.15) is 5.10 Å². The van der Waals surface area contributed by atoms with Crippen molar-refractivity contribution in [3.63, 3.8) is 0 Å². The summed E-state index contributed by atoms with van der Waals surface area (Å²) in [5.74, 6) is 0. The lowest BCUT2D eigenvalue weighted by molar-refractivity contribution is 0.443. The third-order valence-electron chi connectivity index (χ3n) is 3.46. The lowest BCUT2D eigenvalue weighted by Crippen LogP contribution is -2.45. The van der Waals surface area contributed by atoms with Crippen LogP contribution in [-0.2, 0) is 6.54 Å². The standard InChI is InChI=1S/C12H19BrN4O/c1-3-17-12(18)11(13)10(8-15-17)16(2)9-5-4-6-14-7-9/h8-9,14H,3-7H2,1-2H3. The predicted molar refractivity (Wildman–Crippen MR) is 76.2 cm³/mol. The van der Waals surface area contributed by atoms with E-state index < -0.39 is 0 Å². The molecule has 2 heterocycles. The summed E-state index contributed by atoms with van der Waals surface area (Å²) in [6.45, 7) is 4.54. The highest BCUT2D eigenvalue weighted by atomic mass is 79.9. The first-order valence-corrected chi connectivity index (χ1v) is 7.13. The van der Waals surface area contributed by atoms with Gasteiger partial charge in [0.1, 0.15) is 4.47 Å². The van der Waals surface area contributed by atoms with E-state index in [0.717, 1.165) is 25.2 Å². The quantitative estimate of drug-likeness (QED) is 0.911. The second-order valence-corrected chi connectivity index (χ2v) is 5.37. The molecule has 1 aliphatic rings.